The summed E-state index contributed by atoms with van der Waals surface area (Å²) in [6, 6.07) is 12.3. The summed E-state index contributed by atoms with van der Waals surface area (Å²) in [5, 5.41) is 5.91. The second-order valence-corrected chi connectivity index (χ2v) is 8.38. The third-order valence-electron chi connectivity index (χ3n) is 4.41. The molecule has 0 saturated carbocycles. The van der Waals surface area contributed by atoms with Gasteiger partial charge in [-0.1, -0.05) is 18.2 Å². The Morgan fingerprint density at radius 1 is 1.10 bits per heavy atom. The first-order valence-corrected chi connectivity index (χ1v) is 10.8. The molecule has 9 heteroatoms. The number of sulfonamides is 1. The molecule has 0 aromatic heterocycles. The number of benzene rings is 2. The first kappa shape index (κ1) is 20.7. The molecule has 0 radical (unpaired) electrons. The number of rotatable bonds is 7. The average molecular weight is 417 g/mol. The van der Waals surface area contributed by atoms with Gasteiger partial charge in [0, 0.05) is 12.1 Å². The summed E-state index contributed by atoms with van der Waals surface area (Å²) < 4.78 is 35.5. The molecule has 0 unspecified atom stereocenters. The lowest BCUT2D eigenvalue weighted by Gasteiger charge is -2.13. The Hall–Kier alpha value is -3.07. The molecule has 29 heavy (non-hydrogen) atoms. The van der Waals surface area contributed by atoms with Crippen molar-refractivity contribution in [2.45, 2.75) is 12.8 Å². The first-order chi connectivity index (χ1) is 13.8. The van der Waals surface area contributed by atoms with Crippen LogP contribution < -0.4 is 14.2 Å². The zero-order chi connectivity index (χ0) is 21.0. The summed E-state index contributed by atoms with van der Waals surface area (Å²) in [6.45, 7) is 0.505. The zero-order valence-electron chi connectivity index (χ0n) is 16.5. The standard InChI is InChI=1S/C20H23N3O5S/c1-27-18-9-4-14(12-19(18)28-2)13-20(24)23-11-10-17(21-23)15-5-7-16(8-6-15)22-29(3,25)26/h4-9,12,22H,10-11,13H2,1-3H3. The predicted molar refractivity (Wildman–Crippen MR) is 111 cm³/mol. The monoisotopic (exact) mass is 417 g/mol. The quantitative estimate of drug-likeness (QED) is 0.745. The molecule has 0 saturated heterocycles. The van der Waals surface area contributed by atoms with E-state index in [-0.39, 0.29) is 12.3 Å². The van der Waals surface area contributed by atoms with Crippen LogP contribution in [-0.2, 0) is 21.2 Å². The highest BCUT2D eigenvalue weighted by atomic mass is 32.2. The van der Waals surface area contributed by atoms with Crippen LogP contribution in [0, 0.1) is 0 Å². The molecule has 0 bridgehead atoms. The number of hydrogen-bond acceptors (Lipinski definition) is 6. The molecule has 1 amide bonds. The Morgan fingerprint density at radius 3 is 2.41 bits per heavy atom. The Kier molecular flexibility index (Phi) is 6.07. The summed E-state index contributed by atoms with van der Waals surface area (Å²) in [4.78, 5) is 12.6. The van der Waals surface area contributed by atoms with Gasteiger partial charge in [-0.3, -0.25) is 9.52 Å². The van der Waals surface area contributed by atoms with E-state index in [2.05, 4.69) is 9.82 Å². The molecule has 8 nitrogen and oxygen atoms in total. The van der Waals surface area contributed by atoms with Crippen LogP contribution in [0.2, 0.25) is 0 Å². The Labute approximate surface area is 170 Å². The van der Waals surface area contributed by atoms with Crippen LogP contribution in [0.1, 0.15) is 17.5 Å². The molecule has 1 heterocycles. The van der Waals surface area contributed by atoms with Crippen molar-refractivity contribution >= 4 is 27.3 Å². The fourth-order valence-electron chi connectivity index (χ4n) is 3.04. The van der Waals surface area contributed by atoms with Crippen molar-refractivity contribution in [3.63, 3.8) is 0 Å². The van der Waals surface area contributed by atoms with Gasteiger partial charge in [-0.05, 0) is 35.4 Å². The number of hydrazone groups is 1. The molecule has 1 aliphatic heterocycles. The maximum atomic E-state index is 12.6. The van der Waals surface area contributed by atoms with Crippen LogP contribution >= 0.6 is 0 Å². The van der Waals surface area contributed by atoms with E-state index in [1.165, 1.54) is 5.01 Å². The van der Waals surface area contributed by atoms with Gasteiger partial charge in [-0.2, -0.15) is 5.10 Å². The highest BCUT2D eigenvalue weighted by molar-refractivity contribution is 7.92. The topological polar surface area (TPSA) is 97.3 Å². The second-order valence-electron chi connectivity index (χ2n) is 6.63. The number of carbonyl (C=O) groups is 1. The maximum Gasteiger partial charge on any atom is 0.247 e. The Bertz CT molecular complexity index is 1030. The SMILES string of the molecule is COc1ccc(CC(=O)N2CCC(c3ccc(NS(C)(=O)=O)cc3)=N2)cc1OC. The molecule has 0 fully saturated rings. The summed E-state index contributed by atoms with van der Waals surface area (Å²) in [7, 11) is -0.203. The number of ether oxygens (including phenoxy) is 2. The number of carbonyl (C=O) groups excluding carboxylic acids is 1. The zero-order valence-corrected chi connectivity index (χ0v) is 17.3. The number of methoxy groups -OCH3 is 2. The van der Waals surface area contributed by atoms with Crippen molar-refractivity contribution < 1.29 is 22.7 Å². The normalized spacial score (nSPS) is 13.8. The van der Waals surface area contributed by atoms with Crippen LogP contribution in [0.15, 0.2) is 47.6 Å². The minimum absolute atomic E-state index is 0.109. The van der Waals surface area contributed by atoms with Crippen molar-refractivity contribution in [1.29, 1.82) is 0 Å². The van der Waals surface area contributed by atoms with Crippen LogP contribution in [0.3, 0.4) is 0 Å². The van der Waals surface area contributed by atoms with E-state index in [0.29, 0.717) is 30.2 Å². The fourth-order valence-corrected chi connectivity index (χ4v) is 3.61. The van der Waals surface area contributed by atoms with E-state index in [4.69, 9.17) is 9.47 Å². The summed E-state index contributed by atoms with van der Waals surface area (Å²) >= 11 is 0. The Morgan fingerprint density at radius 2 is 1.79 bits per heavy atom. The molecule has 2 aromatic carbocycles. The third-order valence-corrected chi connectivity index (χ3v) is 5.02. The largest absolute Gasteiger partial charge is 0.493 e. The van der Waals surface area contributed by atoms with Gasteiger partial charge in [0.25, 0.3) is 0 Å². The molecule has 0 atom stereocenters. The molecule has 3 rings (SSSR count). The van der Waals surface area contributed by atoms with E-state index < -0.39 is 10.0 Å². The second kappa shape index (κ2) is 8.52. The van der Waals surface area contributed by atoms with Crippen LogP contribution in [0.25, 0.3) is 0 Å². The van der Waals surface area contributed by atoms with Crippen molar-refractivity contribution in [2.24, 2.45) is 5.10 Å². The van der Waals surface area contributed by atoms with E-state index in [1.54, 1.807) is 50.6 Å². The van der Waals surface area contributed by atoms with Crippen molar-refractivity contribution in [1.82, 2.24) is 5.01 Å². The van der Waals surface area contributed by atoms with Gasteiger partial charge < -0.3 is 9.47 Å². The van der Waals surface area contributed by atoms with Gasteiger partial charge in [-0.25, -0.2) is 13.4 Å². The predicted octanol–water partition coefficient (Wildman–Crippen LogP) is 2.25. The molecular formula is C20H23N3O5S. The molecule has 0 spiro atoms. The molecule has 1 aliphatic rings. The first-order valence-electron chi connectivity index (χ1n) is 8.96. The lowest BCUT2D eigenvalue weighted by atomic mass is 10.1. The highest BCUT2D eigenvalue weighted by Crippen LogP contribution is 2.28. The fraction of sp³-hybridized carbons (Fsp3) is 0.300. The lowest BCUT2D eigenvalue weighted by Crippen LogP contribution is -2.25. The lowest BCUT2D eigenvalue weighted by molar-refractivity contribution is -0.130. The molecule has 0 aliphatic carbocycles. The molecular weight excluding hydrogens is 394 g/mol. The maximum absolute atomic E-state index is 12.6. The van der Waals surface area contributed by atoms with Crippen LogP contribution in [-0.4, -0.2) is 52.1 Å². The number of nitrogens with one attached hydrogen (secondary N) is 1. The van der Waals surface area contributed by atoms with Crippen molar-refractivity contribution in [3.05, 3.63) is 53.6 Å². The minimum atomic E-state index is -3.32. The molecule has 154 valence electrons. The minimum Gasteiger partial charge on any atom is -0.493 e. The summed E-state index contributed by atoms with van der Waals surface area (Å²) in [6.07, 6.45) is 1.94. The number of nitrogens with zero attached hydrogens (tertiary/aromatic N) is 2. The summed E-state index contributed by atoms with van der Waals surface area (Å²) in [5.74, 6) is 1.08. The van der Waals surface area contributed by atoms with E-state index >= 15 is 0 Å². The van der Waals surface area contributed by atoms with Gasteiger partial charge in [0.1, 0.15) is 0 Å². The van der Waals surface area contributed by atoms with Crippen molar-refractivity contribution in [2.75, 3.05) is 31.7 Å². The summed E-state index contributed by atoms with van der Waals surface area (Å²) in [5.41, 5.74) is 2.94. The van der Waals surface area contributed by atoms with Gasteiger partial charge in [-0.15, -0.1) is 0 Å². The van der Waals surface area contributed by atoms with Crippen LogP contribution in [0.5, 0.6) is 11.5 Å². The Balaban J connectivity index is 1.68. The molecule has 1 N–H and O–H groups in total. The highest BCUT2D eigenvalue weighted by Gasteiger charge is 2.22. The van der Waals surface area contributed by atoms with Gasteiger partial charge in [0.2, 0.25) is 15.9 Å². The number of amides is 1. The third kappa shape index (κ3) is 5.26. The van der Waals surface area contributed by atoms with Crippen molar-refractivity contribution in [3.8, 4) is 11.5 Å². The van der Waals surface area contributed by atoms with E-state index in [1.807, 2.05) is 6.07 Å². The number of hydrogen-bond donors (Lipinski definition) is 1. The molecule has 2 aromatic rings. The van der Waals surface area contributed by atoms with Gasteiger partial charge in [0.15, 0.2) is 11.5 Å². The van der Waals surface area contributed by atoms with Gasteiger partial charge >= 0.3 is 0 Å². The van der Waals surface area contributed by atoms with E-state index in [9.17, 15) is 13.2 Å². The van der Waals surface area contributed by atoms with E-state index in [0.717, 1.165) is 23.1 Å². The number of anilines is 1. The average Bonchev–Trinajstić information content (AvgIpc) is 3.17. The van der Waals surface area contributed by atoms with Gasteiger partial charge in [0.05, 0.1) is 39.2 Å². The smallest absolute Gasteiger partial charge is 0.247 e. The van der Waals surface area contributed by atoms with Crippen LogP contribution in [0.4, 0.5) is 5.69 Å².